The van der Waals surface area contributed by atoms with Gasteiger partial charge in [0.15, 0.2) is 0 Å². The van der Waals surface area contributed by atoms with Crippen molar-refractivity contribution in [2.24, 2.45) is 5.92 Å². The van der Waals surface area contributed by atoms with Gasteiger partial charge in [-0.2, -0.15) is 0 Å². The van der Waals surface area contributed by atoms with E-state index in [1.165, 1.54) is 12.1 Å². The Hall–Kier alpha value is -1.91. The quantitative estimate of drug-likeness (QED) is 0.838. The number of hydrogen-bond acceptors (Lipinski definition) is 2. The van der Waals surface area contributed by atoms with Gasteiger partial charge in [-0.1, -0.05) is 27.2 Å². The molecule has 1 saturated heterocycles. The number of amides is 1. The van der Waals surface area contributed by atoms with Crippen LogP contribution in [0.5, 0.6) is 0 Å². The number of carbonyl (C=O) groups excluding carboxylic acids is 1. The summed E-state index contributed by atoms with van der Waals surface area (Å²) >= 11 is 0. The van der Waals surface area contributed by atoms with E-state index in [1.54, 1.807) is 6.07 Å². The van der Waals surface area contributed by atoms with Crippen LogP contribution in [0, 0.1) is 11.7 Å². The zero-order valence-electron chi connectivity index (χ0n) is 14.1. The maximum Gasteiger partial charge on any atom is 0.224 e. The van der Waals surface area contributed by atoms with E-state index in [9.17, 15) is 9.18 Å². The molecule has 1 fully saturated rings. The predicted octanol–water partition coefficient (Wildman–Crippen LogP) is 3.90. The van der Waals surface area contributed by atoms with Crippen molar-refractivity contribution in [1.29, 1.82) is 0 Å². The number of imidazole rings is 1. The van der Waals surface area contributed by atoms with Crippen LogP contribution in [0.15, 0.2) is 18.2 Å². The van der Waals surface area contributed by atoms with Gasteiger partial charge in [0.05, 0.1) is 17.7 Å². The highest BCUT2D eigenvalue weighted by Crippen LogP contribution is 2.27. The Balaban J connectivity index is 1.93. The first-order valence-corrected chi connectivity index (χ1v) is 8.43. The van der Waals surface area contributed by atoms with Gasteiger partial charge in [0.25, 0.3) is 0 Å². The smallest absolute Gasteiger partial charge is 0.224 e. The highest BCUT2D eigenvalue weighted by Gasteiger charge is 2.30. The molecule has 1 aromatic heterocycles. The molecule has 3 rings (SSSR count). The van der Waals surface area contributed by atoms with Crippen LogP contribution in [0.4, 0.5) is 4.39 Å². The van der Waals surface area contributed by atoms with E-state index in [-0.39, 0.29) is 17.6 Å². The van der Waals surface area contributed by atoms with Gasteiger partial charge in [-0.25, -0.2) is 9.37 Å². The third-order valence-electron chi connectivity index (χ3n) is 4.56. The highest BCUT2D eigenvalue weighted by molar-refractivity contribution is 5.79. The number of likely N-dealkylation sites (tertiary alicyclic amines) is 1. The second kappa shape index (κ2) is 6.30. The van der Waals surface area contributed by atoms with Crippen molar-refractivity contribution in [2.75, 3.05) is 6.54 Å². The highest BCUT2D eigenvalue weighted by atomic mass is 19.1. The normalized spacial score (nSPS) is 18.6. The van der Waals surface area contributed by atoms with Crippen LogP contribution in [0.1, 0.15) is 51.8 Å². The standard InChI is InChI=1S/C18H24FN3O/c1-4-5-13-8-17(23)21(10-13)11-22-16-7-6-14(19)9-15(16)20-18(22)12(2)3/h6-7,9,12-13H,4-5,8,10-11H2,1-3H3. The van der Waals surface area contributed by atoms with Gasteiger partial charge in [-0.3, -0.25) is 4.79 Å². The Morgan fingerprint density at radius 3 is 2.87 bits per heavy atom. The van der Waals surface area contributed by atoms with E-state index in [0.717, 1.165) is 30.7 Å². The number of hydrogen-bond donors (Lipinski definition) is 0. The second-order valence-corrected chi connectivity index (χ2v) is 6.80. The summed E-state index contributed by atoms with van der Waals surface area (Å²) in [7, 11) is 0. The fraction of sp³-hybridized carbons (Fsp3) is 0.556. The lowest BCUT2D eigenvalue weighted by Crippen LogP contribution is -2.29. The van der Waals surface area contributed by atoms with E-state index in [1.807, 2.05) is 4.90 Å². The maximum atomic E-state index is 13.5. The summed E-state index contributed by atoms with van der Waals surface area (Å²) in [6, 6.07) is 4.67. The minimum atomic E-state index is -0.280. The number of rotatable bonds is 5. The van der Waals surface area contributed by atoms with Crippen molar-refractivity contribution < 1.29 is 9.18 Å². The topological polar surface area (TPSA) is 38.1 Å². The Labute approximate surface area is 136 Å². The number of aromatic nitrogens is 2. The number of halogens is 1. The van der Waals surface area contributed by atoms with E-state index in [2.05, 4.69) is 30.3 Å². The summed E-state index contributed by atoms with van der Waals surface area (Å²) in [5.41, 5.74) is 1.55. The molecular weight excluding hydrogens is 293 g/mol. The van der Waals surface area contributed by atoms with Crippen molar-refractivity contribution in [1.82, 2.24) is 14.5 Å². The first kappa shape index (κ1) is 16.0. The third kappa shape index (κ3) is 3.09. The summed E-state index contributed by atoms with van der Waals surface area (Å²) in [5, 5.41) is 0. The third-order valence-corrected chi connectivity index (χ3v) is 4.56. The van der Waals surface area contributed by atoms with Crippen LogP contribution in [-0.2, 0) is 11.5 Å². The molecule has 0 spiro atoms. The van der Waals surface area contributed by atoms with Crippen LogP contribution in [0.3, 0.4) is 0 Å². The fourth-order valence-electron chi connectivity index (χ4n) is 3.47. The summed E-state index contributed by atoms with van der Waals surface area (Å²) in [6.07, 6.45) is 2.84. The maximum absolute atomic E-state index is 13.5. The van der Waals surface area contributed by atoms with Gasteiger partial charge >= 0.3 is 0 Å². The van der Waals surface area contributed by atoms with Gasteiger partial charge in [0.2, 0.25) is 5.91 Å². The number of nitrogens with zero attached hydrogens (tertiary/aromatic N) is 3. The molecule has 0 saturated carbocycles. The molecule has 124 valence electrons. The zero-order chi connectivity index (χ0) is 16.6. The van der Waals surface area contributed by atoms with Gasteiger partial charge < -0.3 is 9.47 Å². The van der Waals surface area contributed by atoms with Crippen molar-refractivity contribution in [3.05, 3.63) is 29.8 Å². The molecule has 1 aliphatic heterocycles. The molecule has 4 nitrogen and oxygen atoms in total. The number of fused-ring (bicyclic) bond motifs is 1. The lowest BCUT2D eigenvalue weighted by atomic mass is 10.0. The Morgan fingerprint density at radius 1 is 1.39 bits per heavy atom. The molecule has 23 heavy (non-hydrogen) atoms. The molecule has 5 heteroatoms. The minimum absolute atomic E-state index is 0.210. The Morgan fingerprint density at radius 2 is 2.17 bits per heavy atom. The van der Waals surface area contributed by atoms with Gasteiger partial charge in [-0.05, 0) is 24.5 Å². The zero-order valence-corrected chi connectivity index (χ0v) is 14.1. The SMILES string of the molecule is CCCC1CC(=O)N(Cn2c(C(C)C)nc3cc(F)ccc32)C1. The number of carbonyl (C=O) groups is 1. The molecule has 1 amide bonds. The molecule has 2 heterocycles. The molecule has 0 bridgehead atoms. The van der Waals surface area contributed by atoms with E-state index in [0.29, 0.717) is 24.5 Å². The van der Waals surface area contributed by atoms with Gasteiger partial charge in [-0.15, -0.1) is 0 Å². The van der Waals surface area contributed by atoms with E-state index in [4.69, 9.17) is 0 Å². The molecule has 0 aliphatic carbocycles. The van der Waals surface area contributed by atoms with Crippen molar-refractivity contribution in [3.63, 3.8) is 0 Å². The van der Waals surface area contributed by atoms with Gasteiger partial charge in [0, 0.05) is 24.9 Å². The lowest BCUT2D eigenvalue weighted by Gasteiger charge is -2.20. The molecule has 2 aromatic rings. The number of benzene rings is 1. The summed E-state index contributed by atoms with van der Waals surface area (Å²) in [5.74, 6) is 1.51. The average molecular weight is 317 g/mol. The molecule has 1 unspecified atom stereocenters. The van der Waals surface area contributed by atoms with E-state index >= 15 is 0 Å². The molecule has 1 aliphatic rings. The Bertz CT molecular complexity index is 722. The summed E-state index contributed by atoms with van der Waals surface area (Å²) in [6.45, 7) is 7.61. The lowest BCUT2D eigenvalue weighted by molar-refractivity contribution is -0.129. The summed E-state index contributed by atoms with van der Waals surface area (Å²) < 4.78 is 15.5. The second-order valence-electron chi connectivity index (χ2n) is 6.80. The molecule has 1 atom stereocenters. The summed E-state index contributed by atoms with van der Waals surface area (Å²) in [4.78, 5) is 18.8. The van der Waals surface area contributed by atoms with Crippen LogP contribution in [0.2, 0.25) is 0 Å². The largest absolute Gasteiger partial charge is 0.324 e. The molecular formula is C18H24FN3O. The first-order chi connectivity index (χ1) is 11.0. The monoisotopic (exact) mass is 317 g/mol. The van der Waals surface area contributed by atoms with Crippen LogP contribution < -0.4 is 0 Å². The van der Waals surface area contributed by atoms with Gasteiger partial charge in [0.1, 0.15) is 11.6 Å². The van der Waals surface area contributed by atoms with Crippen molar-refractivity contribution >= 4 is 16.9 Å². The predicted molar refractivity (Wildman–Crippen MR) is 88.5 cm³/mol. The van der Waals surface area contributed by atoms with Crippen LogP contribution in [-0.4, -0.2) is 26.9 Å². The van der Waals surface area contributed by atoms with E-state index < -0.39 is 0 Å². The fourth-order valence-corrected chi connectivity index (χ4v) is 3.47. The first-order valence-electron chi connectivity index (χ1n) is 8.43. The van der Waals surface area contributed by atoms with Crippen molar-refractivity contribution in [3.8, 4) is 0 Å². The molecule has 0 radical (unpaired) electrons. The average Bonchev–Trinajstić information content (AvgIpc) is 3.01. The molecule has 0 N–H and O–H groups in total. The minimum Gasteiger partial charge on any atom is -0.324 e. The van der Waals surface area contributed by atoms with Crippen LogP contribution in [0.25, 0.3) is 11.0 Å². The van der Waals surface area contributed by atoms with Crippen molar-refractivity contribution in [2.45, 2.75) is 52.6 Å². The van der Waals surface area contributed by atoms with Crippen LogP contribution >= 0.6 is 0 Å². The Kier molecular flexibility index (Phi) is 4.37. The molecule has 1 aromatic carbocycles.